The van der Waals surface area contributed by atoms with Crippen LogP contribution in [0.25, 0.3) is 0 Å². The molecule has 2 N–H and O–H groups in total. The van der Waals surface area contributed by atoms with Crippen molar-refractivity contribution in [2.75, 3.05) is 58.1 Å². The van der Waals surface area contributed by atoms with E-state index in [1.807, 2.05) is 5.32 Å². The van der Waals surface area contributed by atoms with Gasteiger partial charge in [-0.3, -0.25) is 14.6 Å². The van der Waals surface area contributed by atoms with E-state index in [1.54, 1.807) is 4.90 Å². The molecule has 1 atom stereocenters. The second-order valence-corrected chi connectivity index (χ2v) is 6.64. The maximum atomic E-state index is 13.2. The van der Waals surface area contributed by atoms with Crippen LogP contribution in [0.3, 0.4) is 0 Å². The van der Waals surface area contributed by atoms with Crippen LogP contribution >= 0.6 is 0 Å². The van der Waals surface area contributed by atoms with Crippen molar-refractivity contribution in [2.45, 2.75) is 19.8 Å². The van der Waals surface area contributed by atoms with Gasteiger partial charge in [0.2, 0.25) is 5.91 Å². The Morgan fingerprint density at radius 3 is 2.55 bits per heavy atom. The average Bonchev–Trinajstić information content (AvgIpc) is 2.90. The topological polar surface area (TPSA) is 74.3 Å². The standard InChI is InChI=1S/C24H33N3O4/c1-18-7-6-8-19(2)24(18)25-23(29)16-27-13-11-26(12-14-27)15-20(28)17-31-22-10-5-4-9-21(22)30-3/h4-10,20,28H,11-17H2,1-3H3,(H,25,29)/i1D3,2D3,3D3,6D,7D,8D,16D2,17D2. The highest BCUT2D eigenvalue weighted by atomic mass is 16.5. The van der Waals surface area contributed by atoms with Crippen LogP contribution < -0.4 is 14.8 Å². The van der Waals surface area contributed by atoms with Gasteiger partial charge < -0.3 is 19.9 Å². The number of anilines is 1. The summed E-state index contributed by atoms with van der Waals surface area (Å²) >= 11 is 0. The maximum absolute atomic E-state index is 13.2. The van der Waals surface area contributed by atoms with Crippen LogP contribution in [0.5, 0.6) is 11.5 Å². The molecule has 2 aromatic rings. The van der Waals surface area contributed by atoms with Gasteiger partial charge in [0, 0.05) is 46.6 Å². The molecule has 31 heavy (non-hydrogen) atoms. The Labute approximate surface area is 207 Å². The van der Waals surface area contributed by atoms with Crippen molar-refractivity contribution in [1.82, 2.24) is 9.80 Å². The molecule has 168 valence electrons. The van der Waals surface area contributed by atoms with Crippen molar-refractivity contribution in [2.24, 2.45) is 0 Å². The van der Waals surface area contributed by atoms with Gasteiger partial charge in [-0.15, -0.1) is 0 Å². The molecule has 0 aliphatic carbocycles. The van der Waals surface area contributed by atoms with Crippen LogP contribution in [0.2, 0.25) is 0 Å². The van der Waals surface area contributed by atoms with Gasteiger partial charge in [0.1, 0.15) is 12.7 Å². The molecular formula is C24H33N3O4. The number of carbonyl (C=O) groups is 1. The minimum absolute atomic E-state index is 0.000988. The third kappa shape index (κ3) is 6.69. The van der Waals surface area contributed by atoms with Crippen molar-refractivity contribution in [3.05, 3.63) is 53.5 Å². The zero-order valence-electron chi connectivity index (χ0n) is 32.5. The molecule has 1 aliphatic rings. The molecule has 1 amide bonds. The number of methoxy groups -OCH3 is 1. The van der Waals surface area contributed by atoms with E-state index in [9.17, 15) is 9.90 Å². The van der Waals surface area contributed by atoms with E-state index in [2.05, 4.69) is 0 Å². The Kier molecular flexibility index (Phi) is 3.55. The minimum Gasteiger partial charge on any atom is -0.493 e. The monoisotopic (exact) mass is 443 g/mol. The molecule has 2 aromatic carbocycles. The van der Waals surface area contributed by atoms with Gasteiger partial charge in [0.05, 0.1) is 27.2 Å². The summed E-state index contributed by atoms with van der Waals surface area (Å²) in [4.78, 5) is 15.8. The molecule has 0 bridgehead atoms. The lowest BCUT2D eigenvalue weighted by molar-refractivity contribution is -0.117. The first kappa shape index (κ1) is 9.90. The summed E-state index contributed by atoms with van der Waals surface area (Å²) in [7, 11) is -2.84. The molecule has 0 aromatic heterocycles. The fourth-order valence-electron chi connectivity index (χ4n) is 2.89. The highest BCUT2D eigenvalue weighted by Gasteiger charge is 2.21. The zero-order valence-corrected chi connectivity index (χ0v) is 16.5. The van der Waals surface area contributed by atoms with E-state index in [0.29, 0.717) is 0 Å². The van der Waals surface area contributed by atoms with Crippen molar-refractivity contribution < 1.29 is 41.3 Å². The second-order valence-electron chi connectivity index (χ2n) is 6.64. The smallest absolute Gasteiger partial charge is 0.238 e. The lowest BCUT2D eigenvalue weighted by Gasteiger charge is -2.35. The van der Waals surface area contributed by atoms with Crippen LogP contribution in [0.4, 0.5) is 5.69 Å². The van der Waals surface area contributed by atoms with Gasteiger partial charge in [-0.1, -0.05) is 30.3 Å². The van der Waals surface area contributed by atoms with Gasteiger partial charge in [-0.05, 0) is 37.0 Å². The molecule has 3 rings (SSSR count). The summed E-state index contributed by atoms with van der Waals surface area (Å²) in [5, 5.41) is 12.6. The van der Waals surface area contributed by atoms with Crippen LogP contribution in [-0.4, -0.2) is 79.7 Å². The van der Waals surface area contributed by atoms with Crippen LogP contribution in [0.15, 0.2) is 42.4 Å². The molecule has 1 fully saturated rings. The van der Waals surface area contributed by atoms with Gasteiger partial charge in [-0.2, -0.15) is 0 Å². The molecule has 0 radical (unpaired) electrons. The molecule has 1 saturated heterocycles. The second kappa shape index (κ2) is 11.1. The third-order valence-electron chi connectivity index (χ3n) is 4.44. The first-order chi connectivity index (χ1) is 21.3. The molecule has 7 heteroatoms. The number of piperazine rings is 1. The summed E-state index contributed by atoms with van der Waals surface area (Å²) in [6, 6.07) is 2.41. The first-order valence-corrected chi connectivity index (χ1v) is 9.36. The van der Waals surface area contributed by atoms with Gasteiger partial charge in [-0.25, -0.2) is 0 Å². The predicted octanol–water partition coefficient (Wildman–Crippen LogP) is 2.31. The van der Waals surface area contributed by atoms with E-state index in [1.165, 1.54) is 24.3 Å². The number of hydrogen-bond acceptors (Lipinski definition) is 6. The largest absolute Gasteiger partial charge is 0.493 e. The number of nitrogens with one attached hydrogen (secondary N) is 1. The molecular weight excluding hydrogens is 394 g/mol. The number of rotatable bonds is 9. The van der Waals surface area contributed by atoms with E-state index < -0.39 is 80.8 Å². The Balaban J connectivity index is 1.74. The molecule has 7 nitrogen and oxygen atoms in total. The molecule has 1 aliphatic heterocycles. The van der Waals surface area contributed by atoms with E-state index in [4.69, 9.17) is 31.4 Å². The predicted molar refractivity (Wildman–Crippen MR) is 122 cm³/mol. The van der Waals surface area contributed by atoms with E-state index in [0.717, 1.165) is 4.90 Å². The number of hydrogen-bond donors (Lipinski definition) is 2. The van der Waals surface area contributed by atoms with Gasteiger partial charge >= 0.3 is 0 Å². The molecule has 0 spiro atoms. The average molecular weight is 444 g/mol. The fourth-order valence-corrected chi connectivity index (χ4v) is 2.89. The van der Waals surface area contributed by atoms with E-state index >= 15 is 0 Å². The van der Waals surface area contributed by atoms with Crippen molar-refractivity contribution in [1.29, 1.82) is 0 Å². The summed E-state index contributed by atoms with van der Waals surface area (Å²) in [5.41, 5.74) is -2.99. The number of aliphatic hydroxyl groups is 1. The summed E-state index contributed by atoms with van der Waals surface area (Å²) in [5.74, 6) is -2.03. The highest BCUT2D eigenvalue weighted by Crippen LogP contribution is 2.25. The van der Waals surface area contributed by atoms with Crippen LogP contribution in [0.1, 0.15) is 33.1 Å². The lowest BCUT2D eigenvalue weighted by atomic mass is 10.1. The fraction of sp³-hybridized carbons (Fsp3) is 0.458. The Bertz CT molecular complexity index is 1410. The van der Waals surface area contributed by atoms with Crippen molar-refractivity contribution >= 4 is 11.6 Å². The van der Waals surface area contributed by atoms with Gasteiger partial charge in [0.15, 0.2) is 11.5 Å². The molecule has 0 saturated carbocycles. The summed E-state index contributed by atoms with van der Waals surface area (Å²) in [6.45, 7) is -12.7. The highest BCUT2D eigenvalue weighted by molar-refractivity contribution is 5.93. The number of ether oxygens (including phenoxy) is 2. The first-order valence-electron chi connectivity index (χ1n) is 17.4. The molecule has 1 unspecified atom stereocenters. The Morgan fingerprint density at radius 1 is 1.19 bits per heavy atom. The quantitative estimate of drug-likeness (QED) is 0.620. The Hall–Kier alpha value is -2.61. The third-order valence-corrected chi connectivity index (χ3v) is 4.44. The van der Waals surface area contributed by atoms with Crippen molar-refractivity contribution in [3.63, 3.8) is 0 Å². The van der Waals surface area contributed by atoms with E-state index in [-0.39, 0.29) is 44.2 Å². The number of carbonyl (C=O) groups excluding carboxylic acids is 1. The summed E-state index contributed by atoms with van der Waals surface area (Å²) < 4.78 is 136. The number of aliphatic hydroxyl groups excluding tert-OH is 1. The maximum Gasteiger partial charge on any atom is 0.238 e. The lowest BCUT2D eigenvalue weighted by Crippen LogP contribution is -2.50. The Morgan fingerprint density at radius 2 is 1.87 bits per heavy atom. The normalized spacial score (nSPS) is 25.7. The number of para-hydroxylation sites is 3. The van der Waals surface area contributed by atoms with Crippen LogP contribution in [0, 0.1) is 13.7 Å². The summed E-state index contributed by atoms with van der Waals surface area (Å²) in [6.07, 6.45) is -1.79. The van der Waals surface area contributed by atoms with Crippen LogP contribution in [-0.2, 0) is 4.79 Å². The number of amides is 1. The number of benzene rings is 2. The minimum atomic E-state index is -3.21. The zero-order chi connectivity index (χ0) is 35.9. The number of β-amino-alcohol motifs (C(OH)–C–C–N with tert-alkyl or cyclic N) is 1. The van der Waals surface area contributed by atoms with Gasteiger partial charge in [0.25, 0.3) is 0 Å². The molecule has 1 heterocycles. The SMILES string of the molecule is [2H]c1c([2H])c(C([2H])([2H])[2H])c(NC(=O)C([2H])([2H])N2CCN(CC(O)C([2H])([2H])Oc3ccccc3OC([2H])([2H])[2H])CC2)c(C([2H])([2H])[2H])c1[2H]. The number of nitrogens with zero attached hydrogens (tertiary/aromatic N) is 2. The van der Waals surface area contributed by atoms with Crippen molar-refractivity contribution in [3.8, 4) is 11.5 Å².